The van der Waals surface area contributed by atoms with Crippen LogP contribution in [-0.2, 0) is 6.42 Å². The smallest absolute Gasteiger partial charge is 0.191 e. The Morgan fingerprint density at radius 3 is 2.29 bits per heavy atom. The second kappa shape index (κ2) is 11.7. The van der Waals surface area contributed by atoms with Crippen molar-refractivity contribution in [2.75, 3.05) is 26.7 Å². The van der Waals surface area contributed by atoms with Crippen LogP contribution in [0.3, 0.4) is 0 Å². The first-order valence-electron chi connectivity index (χ1n) is 7.39. The number of rotatable bonds is 8. The van der Waals surface area contributed by atoms with Gasteiger partial charge in [-0.1, -0.05) is 12.1 Å². The van der Waals surface area contributed by atoms with Crippen LogP contribution in [0.2, 0.25) is 0 Å². The summed E-state index contributed by atoms with van der Waals surface area (Å²) < 4.78 is 5.15. The number of nitrogens with zero attached hydrogens (tertiary/aromatic N) is 2. The first-order chi connectivity index (χ1) is 9.71. The third-order valence-electron chi connectivity index (χ3n) is 3.39. The van der Waals surface area contributed by atoms with Gasteiger partial charge in [0.25, 0.3) is 0 Å². The molecule has 0 heterocycles. The number of unbranched alkanes of at least 4 members (excludes halogenated alkanes) is 1. The summed E-state index contributed by atoms with van der Waals surface area (Å²) in [6.45, 7) is 6.82. The van der Waals surface area contributed by atoms with Crippen molar-refractivity contribution in [3.8, 4) is 5.75 Å². The molecule has 0 aliphatic heterocycles. The highest BCUT2D eigenvalue weighted by Crippen LogP contribution is 2.13. The minimum Gasteiger partial charge on any atom is -0.497 e. The zero-order valence-electron chi connectivity index (χ0n) is 13.3. The first-order valence-corrected chi connectivity index (χ1v) is 7.39. The van der Waals surface area contributed by atoms with E-state index in [-0.39, 0.29) is 24.0 Å². The molecule has 1 aromatic carbocycles. The van der Waals surface area contributed by atoms with Crippen molar-refractivity contribution in [2.45, 2.75) is 33.1 Å². The summed E-state index contributed by atoms with van der Waals surface area (Å²) in [6, 6.07) is 8.25. The van der Waals surface area contributed by atoms with E-state index in [9.17, 15) is 0 Å². The van der Waals surface area contributed by atoms with Crippen LogP contribution in [-0.4, -0.2) is 37.6 Å². The maximum atomic E-state index is 5.93. The maximum absolute atomic E-state index is 5.93. The molecule has 0 amide bonds. The number of ether oxygens (including phenoxy) is 1. The molecule has 1 rings (SSSR count). The lowest BCUT2D eigenvalue weighted by atomic mass is 10.1. The molecule has 0 spiro atoms. The van der Waals surface area contributed by atoms with E-state index in [1.54, 1.807) is 7.11 Å². The minimum atomic E-state index is 0. The van der Waals surface area contributed by atoms with Crippen LogP contribution < -0.4 is 10.5 Å². The third-order valence-corrected chi connectivity index (χ3v) is 3.39. The molecule has 0 aromatic heterocycles. The fourth-order valence-electron chi connectivity index (χ4n) is 2.07. The van der Waals surface area contributed by atoms with Crippen molar-refractivity contribution in [2.24, 2.45) is 10.7 Å². The van der Waals surface area contributed by atoms with Gasteiger partial charge in [-0.2, -0.15) is 0 Å². The molecule has 5 heteroatoms. The van der Waals surface area contributed by atoms with Gasteiger partial charge in [0.05, 0.1) is 7.11 Å². The molecule has 1 aromatic rings. The Labute approximate surface area is 145 Å². The Balaban J connectivity index is 0.00000400. The van der Waals surface area contributed by atoms with Crippen molar-refractivity contribution in [3.63, 3.8) is 0 Å². The number of halogens is 1. The Morgan fingerprint density at radius 2 is 1.76 bits per heavy atom. The topological polar surface area (TPSA) is 50.8 Å². The highest BCUT2D eigenvalue weighted by atomic mass is 127. The number of hydrogen-bond acceptors (Lipinski definition) is 2. The van der Waals surface area contributed by atoms with Crippen molar-refractivity contribution >= 4 is 29.9 Å². The predicted molar refractivity (Wildman–Crippen MR) is 101 cm³/mol. The van der Waals surface area contributed by atoms with Gasteiger partial charge in [0, 0.05) is 19.6 Å². The van der Waals surface area contributed by atoms with Crippen LogP contribution in [0, 0.1) is 0 Å². The van der Waals surface area contributed by atoms with E-state index in [4.69, 9.17) is 10.5 Å². The zero-order chi connectivity index (χ0) is 14.8. The first kappa shape index (κ1) is 20.0. The average molecular weight is 405 g/mol. The van der Waals surface area contributed by atoms with Crippen molar-refractivity contribution < 1.29 is 4.74 Å². The molecular formula is C16H28IN3O. The van der Waals surface area contributed by atoms with E-state index >= 15 is 0 Å². The summed E-state index contributed by atoms with van der Waals surface area (Å²) in [4.78, 5) is 6.50. The Hall–Kier alpha value is -0.980. The maximum Gasteiger partial charge on any atom is 0.191 e. The molecule has 0 aliphatic rings. The minimum absolute atomic E-state index is 0. The number of benzene rings is 1. The normalized spacial score (nSPS) is 10.9. The monoisotopic (exact) mass is 405 g/mol. The molecule has 0 saturated carbocycles. The standard InChI is InChI=1S/C16H27N3O.HI/c1-4-19(5-2)16(17)18-13-7-6-8-14-9-11-15(20-3)12-10-14;/h9-12H,4-8,13H2,1-3H3,(H2,17,18);1H. The van der Waals surface area contributed by atoms with Gasteiger partial charge < -0.3 is 15.4 Å². The van der Waals surface area contributed by atoms with E-state index in [1.807, 2.05) is 12.1 Å². The third kappa shape index (κ3) is 7.55. The van der Waals surface area contributed by atoms with E-state index in [0.717, 1.165) is 44.6 Å². The van der Waals surface area contributed by atoms with E-state index in [0.29, 0.717) is 5.96 Å². The second-order valence-corrected chi connectivity index (χ2v) is 4.72. The quantitative estimate of drug-likeness (QED) is 0.313. The Morgan fingerprint density at radius 1 is 1.14 bits per heavy atom. The summed E-state index contributed by atoms with van der Waals surface area (Å²) in [5, 5.41) is 0. The van der Waals surface area contributed by atoms with Crippen molar-refractivity contribution in [1.82, 2.24) is 4.90 Å². The van der Waals surface area contributed by atoms with Crippen molar-refractivity contribution in [3.05, 3.63) is 29.8 Å². The van der Waals surface area contributed by atoms with Gasteiger partial charge in [-0.3, -0.25) is 4.99 Å². The zero-order valence-corrected chi connectivity index (χ0v) is 15.7. The number of hydrogen-bond donors (Lipinski definition) is 1. The summed E-state index contributed by atoms with van der Waals surface area (Å²) in [6.07, 6.45) is 3.26. The number of methoxy groups -OCH3 is 1. The van der Waals surface area contributed by atoms with Crippen LogP contribution in [0.5, 0.6) is 5.75 Å². The number of aliphatic imine (C=N–C) groups is 1. The fraction of sp³-hybridized carbons (Fsp3) is 0.562. The van der Waals surface area contributed by atoms with Gasteiger partial charge >= 0.3 is 0 Å². The molecule has 2 N–H and O–H groups in total. The van der Waals surface area contributed by atoms with Crippen LogP contribution >= 0.6 is 24.0 Å². The van der Waals surface area contributed by atoms with Crippen LogP contribution in [0.4, 0.5) is 0 Å². The van der Waals surface area contributed by atoms with Crippen molar-refractivity contribution in [1.29, 1.82) is 0 Å². The summed E-state index contributed by atoms with van der Waals surface area (Å²) in [7, 11) is 1.69. The summed E-state index contributed by atoms with van der Waals surface area (Å²) >= 11 is 0. The molecule has 0 fully saturated rings. The number of nitrogens with two attached hydrogens (primary N) is 1. The molecule has 0 radical (unpaired) electrons. The summed E-state index contributed by atoms with van der Waals surface area (Å²) in [5.41, 5.74) is 7.27. The predicted octanol–water partition coefficient (Wildman–Crippen LogP) is 3.29. The molecule has 0 unspecified atom stereocenters. The average Bonchev–Trinajstić information content (AvgIpc) is 2.49. The SMILES string of the molecule is CCN(CC)C(N)=NCCCCc1ccc(OC)cc1.I. The molecule has 0 aliphatic carbocycles. The van der Waals surface area contributed by atoms with Gasteiger partial charge in [0.1, 0.15) is 5.75 Å². The second-order valence-electron chi connectivity index (χ2n) is 4.72. The van der Waals surface area contributed by atoms with E-state index in [1.165, 1.54) is 5.56 Å². The van der Waals surface area contributed by atoms with Crippen LogP contribution in [0.1, 0.15) is 32.3 Å². The van der Waals surface area contributed by atoms with E-state index in [2.05, 4.69) is 35.9 Å². The lowest BCUT2D eigenvalue weighted by molar-refractivity contribution is 0.414. The summed E-state index contributed by atoms with van der Waals surface area (Å²) in [5.74, 6) is 1.57. The van der Waals surface area contributed by atoms with Gasteiger partial charge in [-0.25, -0.2) is 0 Å². The van der Waals surface area contributed by atoms with Gasteiger partial charge in [-0.05, 0) is 50.8 Å². The molecule has 21 heavy (non-hydrogen) atoms. The van der Waals surface area contributed by atoms with Crippen LogP contribution in [0.25, 0.3) is 0 Å². The number of aryl methyl sites for hydroxylation is 1. The lowest BCUT2D eigenvalue weighted by Crippen LogP contribution is -2.37. The Kier molecular flexibility index (Phi) is 11.1. The van der Waals surface area contributed by atoms with Gasteiger partial charge in [-0.15, -0.1) is 24.0 Å². The lowest BCUT2D eigenvalue weighted by Gasteiger charge is -2.19. The molecular weight excluding hydrogens is 377 g/mol. The Bertz CT molecular complexity index is 402. The van der Waals surface area contributed by atoms with Gasteiger partial charge in [0.15, 0.2) is 5.96 Å². The highest BCUT2D eigenvalue weighted by Gasteiger charge is 2.01. The molecule has 0 atom stereocenters. The molecule has 120 valence electrons. The van der Waals surface area contributed by atoms with E-state index < -0.39 is 0 Å². The molecule has 0 saturated heterocycles. The molecule has 0 bridgehead atoms. The van der Waals surface area contributed by atoms with Gasteiger partial charge in [0.2, 0.25) is 0 Å². The largest absolute Gasteiger partial charge is 0.497 e. The van der Waals surface area contributed by atoms with Crippen LogP contribution in [0.15, 0.2) is 29.3 Å². The number of guanidine groups is 1. The fourth-order valence-corrected chi connectivity index (χ4v) is 2.07. The highest BCUT2D eigenvalue weighted by molar-refractivity contribution is 14.0. The molecule has 4 nitrogen and oxygen atoms in total.